The largest absolute Gasteiger partial charge is 0.381 e. The lowest BCUT2D eigenvalue weighted by Crippen LogP contribution is -2.41. The Morgan fingerprint density at radius 2 is 2.00 bits per heavy atom. The maximum atomic E-state index is 11.9. The fourth-order valence-electron chi connectivity index (χ4n) is 1.78. The standard InChI is InChI=1S/C11H24N2O3S/c1-3-12-8-10(2)17(14,15)13-9-11-4-6-16-7-5-11/h10-13H,3-9H2,1-2H3. The molecule has 5 nitrogen and oxygen atoms in total. The van der Waals surface area contributed by atoms with Crippen LogP contribution in [0, 0.1) is 5.92 Å². The third-order valence-electron chi connectivity index (χ3n) is 3.13. The van der Waals surface area contributed by atoms with E-state index < -0.39 is 10.0 Å². The molecule has 0 aromatic heterocycles. The minimum absolute atomic E-state index is 0.387. The van der Waals surface area contributed by atoms with Crippen molar-refractivity contribution in [3.8, 4) is 0 Å². The first-order chi connectivity index (χ1) is 8.06. The van der Waals surface area contributed by atoms with Gasteiger partial charge in [-0.25, -0.2) is 13.1 Å². The normalized spacial score (nSPS) is 20.4. The Morgan fingerprint density at radius 3 is 2.59 bits per heavy atom. The number of hydrogen-bond donors (Lipinski definition) is 2. The molecule has 1 saturated heterocycles. The van der Waals surface area contributed by atoms with Crippen molar-refractivity contribution in [1.82, 2.24) is 10.0 Å². The van der Waals surface area contributed by atoms with Gasteiger partial charge in [-0.05, 0) is 32.2 Å². The maximum absolute atomic E-state index is 11.9. The summed E-state index contributed by atoms with van der Waals surface area (Å²) in [5.74, 6) is 0.421. The zero-order valence-corrected chi connectivity index (χ0v) is 11.6. The Kier molecular flexibility index (Phi) is 6.40. The Morgan fingerprint density at radius 1 is 1.35 bits per heavy atom. The van der Waals surface area contributed by atoms with E-state index in [4.69, 9.17) is 4.74 Å². The van der Waals surface area contributed by atoms with Gasteiger partial charge in [-0.2, -0.15) is 0 Å². The van der Waals surface area contributed by atoms with E-state index in [1.807, 2.05) is 6.92 Å². The van der Waals surface area contributed by atoms with Crippen LogP contribution >= 0.6 is 0 Å². The molecular formula is C11H24N2O3S. The summed E-state index contributed by atoms with van der Waals surface area (Å²) in [6, 6.07) is 0. The monoisotopic (exact) mass is 264 g/mol. The first-order valence-electron chi connectivity index (χ1n) is 6.33. The molecule has 1 unspecified atom stereocenters. The molecule has 1 atom stereocenters. The summed E-state index contributed by atoms with van der Waals surface area (Å²) in [6.45, 7) is 7.03. The predicted octanol–water partition coefficient (Wildman–Crippen LogP) is 0.330. The molecule has 0 radical (unpaired) electrons. The zero-order valence-electron chi connectivity index (χ0n) is 10.7. The van der Waals surface area contributed by atoms with Gasteiger partial charge in [-0.1, -0.05) is 6.92 Å². The molecule has 1 aliphatic heterocycles. The van der Waals surface area contributed by atoms with Crippen LogP contribution in [0.25, 0.3) is 0 Å². The quantitative estimate of drug-likeness (QED) is 0.695. The van der Waals surface area contributed by atoms with Crippen molar-refractivity contribution in [2.24, 2.45) is 5.92 Å². The van der Waals surface area contributed by atoms with Crippen molar-refractivity contribution in [3.63, 3.8) is 0 Å². The van der Waals surface area contributed by atoms with Crippen molar-refractivity contribution in [1.29, 1.82) is 0 Å². The molecule has 6 heteroatoms. The molecule has 0 bridgehead atoms. The van der Waals surface area contributed by atoms with Crippen LogP contribution in [0.2, 0.25) is 0 Å². The molecular weight excluding hydrogens is 240 g/mol. The van der Waals surface area contributed by atoms with Crippen molar-refractivity contribution in [2.75, 3.05) is 32.8 Å². The van der Waals surface area contributed by atoms with Gasteiger partial charge in [-0.15, -0.1) is 0 Å². The van der Waals surface area contributed by atoms with Crippen LogP contribution in [0.1, 0.15) is 26.7 Å². The van der Waals surface area contributed by atoms with Gasteiger partial charge in [0.25, 0.3) is 0 Å². The number of sulfonamides is 1. The van der Waals surface area contributed by atoms with Gasteiger partial charge < -0.3 is 10.1 Å². The predicted molar refractivity (Wildman–Crippen MR) is 68.5 cm³/mol. The SMILES string of the molecule is CCNCC(C)S(=O)(=O)NCC1CCOCC1. The van der Waals surface area contributed by atoms with E-state index >= 15 is 0 Å². The first-order valence-corrected chi connectivity index (χ1v) is 7.87. The molecule has 102 valence electrons. The summed E-state index contributed by atoms with van der Waals surface area (Å²) >= 11 is 0. The third kappa shape index (κ3) is 5.33. The zero-order chi connectivity index (χ0) is 12.7. The number of hydrogen-bond acceptors (Lipinski definition) is 4. The lowest BCUT2D eigenvalue weighted by molar-refractivity contribution is 0.0678. The van der Waals surface area contributed by atoms with Crippen LogP contribution in [0.4, 0.5) is 0 Å². The van der Waals surface area contributed by atoms with Crippen LogP contribution in [-0.2, 0) is 14.8 Å². The summed E-state index contributed by atoms with van der Waals surface area (Å²) in [6.07, 6.45) is 1.90. The van der Waals surface area contributed by atoms with Crippen molar-refractivity contribution < 1.29 is 13.2 Å². The molecule has 1 fully saturated rings. The van der Waals surface area contributed by atoms with E-state index in [-0.39, 0.29) is 5.25 Å². The second kappa shape index (κ2) is 7.31. The summed E-state index contributed by atoms with van der Waals surface area (Å²) < 4.78 is 31.8. The van der Waals surface area contributed by atoms with Gasteiger partial charge in [0.15, 0.2) is 0 Å². The second-order valence-electron chi connectivity index (χ2n) is 4.57. The molecule has 1 rings (SSSR count). The van der Waals surface area contributed by atoms with Gasteiger partial charge in [0.2, 0.25) is 10.0 Å². The molecule has 1 aliphatic rings. The topological polar surface area (TPSA) is 67.4 Å². The van der Waals surface area contributed by atoms with Crippen LogP contribution < -0.4 is 10.0 Å². The average molecular weight is 264 g/mol. The Bertz CT molecular complexity index is 300. The molecule has 0 aromatic rings. The molecule has 0 spiro atoms. The third-order valence-corrected chi connectivity index (χ3v) is 4.92. The van der Waals surface area contributed by atoms with Crippen LogP contribution in [-0.4, -0.2) is 46.5 Å². The minimum atomic E-state index is -3.19. The lowest BCUT2D eigenvalue weighted by Gasteiger charge is -2.23. The van der Waals surface area contributed by atoms with E-state index in [1.54, 1.807) is 6.92 Å². The summed E-state index contributed by atoms with van der Waals surface area (Å²) in [5, 5.41) is 2.67. The van der Waals surface area contributed by atoms with Crippen LogP contribution in [0.5, 0.6) is 0 Å². The van der Waals surface area contributed by atoms with Crippen molar-refractivity contribution in [3.05, 3.63) is 0 Å². The fraction of sp³-hybridized carbons (Fsp3) is 1.00. The second-order valence-corrected chi connectivity index (χ2v) is 6.75. The molecule has 17 heavy (non-hydrogen) atoms. The van der Waals surface area contributed by atoms with E-state index in [0.717, 1.165) is 32.6 Å². The molecule has 2 N–H and O–H groups in total. The van der Waals surface area contributed by atoms with Crippen molar-refractivity contribution in [2.45, 2.75) is 31.9 Å². The van der Waals surface area contributed by atoms with Gasteiger partial charge in [-0.3, -0.25) is 0 Å². The molecule has 0 aliphatic carbocycles. The Labute approximate surface area is 104 Å². The van der Waals surface area contributed by atoms with Gasteiger partial charge in [0, 0.05) is 26.3 Å². The van der Waals surface area contributed by atoms with Gasteiger partial charge in [0.1, 0.15) is 0 Å². The summed E-state index contributed by atoms with van der Waals surface area (Å²) in [4.78, 5) is 0. The molecule has 1 heterocycles. The highest BCUT2D eigenvalue weighted by Gasteiger charge is 2.22. The number of nitrogens with one attached hydrogen (secondary N) is 2. The van der Waals surface area contributed by atoms with Gasteiger partial charge >= 0.3 is 0 Å². The Balaban J connectivity index is 2.32. The van der Waals surface area contributed by atoms with Crippen molar-refractivity contribution >= 4 is 10.0 Å². The summed E-state index contributed by atoms with van der Waals surface area (Å²) in [7, 11) is -3.19. The van der Waals surface area contributed by atoms with E-state index in [9.17, 15) is 8.42 Å². The minimum Gasteiger partial charge on any atom is -0.381 e. The lowest BCUT2D eigenvalue weighted by atomic mass is 10.0. The van der Waals surface area contributed by atoms with E-state index in [2.05, 4.69) is 10.0 Å². The Hall–Kier alpha value is -0.170. The number of ether oxygens (including phenoxy) is 1. The highest BCUT2D eigenvalue weighted by Crippen LogP contribution is 2.13. The first kappa shape index (κ1) is 14.9. The number of rotatable bonds is 7. The van der Waals surface area contributed by atoms with Gasteiger partial charge in [0.05, 0.1) is 5.25 Å². The van der Waals surface area contributed by atoms with E-state index in [0.29, 0.717) is 19.0 Å². The van der Waals surface area contributed by atoms with Crippen LogP contribution in [0.3, 0.4) is 0 Å². The molecule has 0 saturated carbocycles. The highest BCUT2D eigenvalue weighted by atomic mass is 32.2. The molecule has 0 amide bonds. The fourth-order valence-corrected chi connectivity index (χ4v) is 2.87. The summed E-state index contributed by atoms with van der Waals surface area (Å²) in [5.41, 5.74) is 0. The highest BCUT2D eigenvalue weighted by molar-refractivity contribution is 7.90. The average Bonchev–Trinajstić information content (AvgIpc) is 2.35. The van der Waals surface area contributed by atoms with Crippen LogP contribution in [0.15, 0.2) is 0 Å². The smallest absolute Gasteiger partial charge is 0.215 e. The van der Waals surface area contributed by atoms with E-state index in [1.165, 1.54) is 0 Å². The molecule has 0 aromatic carbocycles. The maximum Gasteiger partial charge on any atom is 0.215 e.